The van der Waals surface area contributed by atoms with Gasteiger partial charge in [0, 0.05) is 6.54 Å². The van der Waals surface area contributed by atoms with E-state index in [9.17, 15) is 4.79 Å². The lowest BCUT2D eigenvalue weighted by atomic mass is 10.2. The molecule has 0 bridgehead atoms. The smallest absolute Gasteiger partial charge is 0.404 e. The van der Waals surface area contributed by atoms with E-state index < -0.39 is 6.09 Å². The van der Waals surface area contributed by atoms with Crippen molar-refractivity contribution in [3.8, 4) is 0 Å². The molecule has 0 aromatic rings. The summed E-state index contributed by atoms with van der Waals surface area (Å²) in [6.45, 7) is 15.5. The van der Waals surface area contributed by atoms with E-state index in [4.69, 9.17) is 5.11 Å². The average molecular weight is 318 g/mol. The molecule has 0 atom stereocenters. The van der Waals surface area contributed by atoms with E-state index in [1.807, 2.05) is 13.8 Å². The van der Waals surface area contributed by atoms with Crippen LogP contribution in [0.1, 0.15) is 73.1 Å². The molecule has 1 amide bonds. The van der Waals surface area contributed by atoms with Gasteiger partial charge in [-0.05, 0) is 25.2 Å². The molecule has 0 aliphatic heterocycles. The summed E-state index contributed by atoms with van der Waals surface area (Å²) in [5.41, 5.74) is 0. The number of hydrogen-bond donors (Lipinski definition) is 2. The normalized spacial score (nSPS) is 11.0. The highest BCUT2D eigenvalue weighted by Gasteiger charge is 2.18. The summed E-state index contributed by atoms with van der Waals surface area (Å²) in [6, 6.07) is 0. The van der Waals surface area contributed by atoms with Gasteiger partial charge in [-0.2, -0.15) is 0 Å². The van der Waals surface area contributed by atoms with E-state index in [0.717, 1.165) is 0 Å². The van der Waals surface area contributed by atoms with Gasteiger partial charge in [-0.3, -0.25) is 0 Å². The van der Waals surface area contributed by atoms with Crippen LogP contribution in [0.3, 0.4) is 0 Å². The first kappa shape index (κ1) is 23.5. The highest BCUT2D eigenvalue weighted by molar-refractivity contribution is 5.64. The fourth-order valence-electron chi connectivity index (χ4n) is 2.25. The molecule has 0 radical (unpaired) electrons. The van der Waals surface area contributed by atoms with Gasteiger partial charge in [-0.1, -0.05) is 53.9 Å². The molecule has 0 aromatic heterocycles. The van der Waals surface area contributed by atoms with Crippen LogP contribution in [-0.4, -0.2) is 48.9 Å². The van der Waals surface area contributed by atoms with Crippen molar-refractivity contribution in [3.05, 3.63) is 0 Å². The summed E-state index contributed by atoms with van der Waals surface area (Å²) in [5, 5.41) is 10.3. The Bertz CT molecular complexity index is 234. The molecule has 0 saturated carbocycles. The van der Waals surface area contributed by atoms with Crippen LogP contribution in [-0.2, 0) is 0 Å². The molecule has 0 saturated heterocycles. The van der Waals surface area contributed by atoms with Crippen molar-refractivity contribution in [1.29, 1.82) is 0 Å². The van der Waals surface area contributed by atoms with E-state index in [1.165, 1.54) is 62.6 Å². The Labute approximate surface area is 138 Å². The van der Waals surface area contributed by atoms with Gasteiger partial charge in [0.25, 0.3) is 0 Å². The van der Waals surface area contributed by atoms with Crippen LogP contribution in [0.25, 0.3) is 0 Å². The summed E-state index contributed by atoms with van der Waals surface area (Å²) in [4.78, 5) is 9.79. The molecule has 134 valence electrons. The Hall–Kier alpha value is -0.770. The van der Waals surface area contributed by atoms with E-state index in [-0.39, 0.29) is 0 Å². The Morgan fingerprint density at radius 1 is 0.955 bits per heavy atom. The first-order valence-electron chi connectivity index (χ1n) is 9.11. The van der Waals surface area contributed by atoms with Gasteiger partial charge >= 0.3 is 6.09 Å². The maximum Gasteiger partial charge on any atom is 0.404 e. The van der Waals surface area contributed by atoms with Crippen molar-refractivity contribution >= 4 is 6.09 Å². The minimum Gasteiger partial charge on any atom is -0.465 e. The molecule has 0 aliphatic rings. The van der Waals surface area contributed by atoms with Crippen molar-refractivity contribution < 1.29 is 14.4 Å². The van der Waals surface area contributed by atoms with Crippen molar-refractivity contribution in [2.75, 3.05) is 33.2 Å². The number of hydrogen-bond acceptors (Lipinski definition) is 1. The molecule has 0 heterocycles. The largest absolute Gasteiger partial charge is 0.465 e. The molecule has 0 spiro atoms. The lowest BCUT2D eigenvalue weighted by Gasteiger charge is -2.34. The van der Waals surface area contributed by atoms with Crippen LogP contribution >= 0.6 is 0 Å². The van der Waals surface area contributed by atoms with Crippen LogP contribution < -0.4 is 5.32 Å². The first-order valence-corrected chi connectivity index (χ1v) is 9.11. The number of carboxylic acid groups (broad SMARTS) is 1. The standard InChI is InChI=1S/C13H30N.C5H11NO2/c1-5-8-11-14(4,12-9-6-2)13-10-7-3;1-4(2)3-6-5(7)8/h5-13H2,1-4H3;4,6H,3H2,1-2H3,(H,7,8)/q+1;. The van der Waals surface area contributed by atoms with Gasteiger partial charge in [-0.15, -0.1) is 0 Å². The Morgan fingerprint density at radius 3 is 1.50 bits per heavy atom. The van der Waals surface area contributed by atoms with E-state index >= 15 is 0 Å². The molecule has 0 unspecified atom stereocenters. The highest BCUT2D eigenvalue weighted by atomic mass is 16.4. The predicted octanol–water partition coefficient (Wildman–Crippen LogP) is 4.74. The zero-order chi connectivity index (χ0) is 17.4. The number of amides is 1. The van der Waals surface area contributed by atoms with Gasteiger partial charge in [0.2, 0.25) is 0 Å². The summed E-state index contributed by atoms with van der Waals surface area (Å²) < 4.78 is 1.32. The number of unbranched alkanes of at least 4 members (excludes halogenated alkanes) is 3. The van der Waals surface area contributed by atoms with E-state index in [0.29, 0.717) is 12.5 Å². The molecule has 22 heavy (non-hydrogen) atoms. The van der Waals surface area contributed by atoms with Gasteiger partial charge in [0.15, 0.2) is 0 Å². The SMILES string of the molecule is CC(C)CNC(=O)O.CCCC[N+](C)(CCCC)CCCC. The summed E-state index contributed by atoms with van der Waals surface area (Å²) in [5.74, 6) is 0.395. The fraction of sp³-hybridized carbons (Fsp3) is 0.944. The van der Waals surface area contributed by atoms with E-state index in [2.05, 4.69) is 33.1 Å². The van der Waals surface area contributed by atoms with Gasteiger partial charge < -0.3 is 14.9 Å². The van der Waals surface area contributed by atoms with Crippen molar-refractivity contribution in [3.63, 3.8) is 0 Å². The molecule has 4 nitrogen and oxygen atoms in total. The van der Waals surface area contributed by atoms with Crippen LogP contribution in [0.2, 0.25) is 0 Å². The number of carbonyl (C=O) groups is 1. The lowest BCUT2D eigenvalue weighted by molar-refractivity contribution is -0.910. The molecular weight excluding hydrogens is 276 g/mol. The third kappa shape index (κ3) is 17.3. The third-order valence-electron chi connectivity index (χ3n) is 3.82. The second kappa shape index (κ2) is 15.1. The van der Waals surface area contributed by atoms with Crippen molar-refractivity contribution in [2.45, 2.75) is 73.1 Å². The number of nitrogens with one attached hydrogen (secondary N) is 1. The van der Waals surface area contributed by atoms with Gasteiger partial charge in [0.05, 0.1) is 26.7 Å². The van der Waals surface area contributed by atoms with Crippen LogP contribution in [0, 0.1) is 5.92 Å². The van der Waals surface area contributed by atoms with Crippen molar-refractivity contribution in [2.24, 2.45) is 5.92 Å². The van der Waals surface area contributed by atoms with Gasteiger partial charge in [0.1, 0.15) is 0 Å². The summed E-state index contributed by atoms with van der Waals surface area (Å²) in [6.07, 6.45) is 7.25. The molecule has 0 rings (SSSR count). The zero-order valence-electron chi connectivity index (χ0n) is 16.0. The molecular formula is C18H41N2O2+. The number of rotatable bonds is 11. The van der Waals surface area contributed by atoms with Crippen LogP contribution in [0.5, 0.6) is 0 Å². The first-order chi connectivity index (χ1) is 10.3. The molecule has 4 heteroatoms. The van der Waals surface area contributed by atoms with Crippen LogP contribution in [0.15, 0.2) is 0 Å². The molecule has 0 fully saturated rings. The fourth-order valence-corrected chi connectivity index (χ4v) is 2.25. The molecule has 2 N–H and O–H groups in total. The Balaban J connectivity index is 0. The highest BCUT2D eigenvalue weighted by Crippen LogP contribution is 2.10. The summed E-state index contributed by atoms with van der Waals surface area (Å²) >= 11 is 0. The van der Waals surface area contributed by atoms with Crippen molar-refractivity contribution in [1.82, 2.24) is 5.32 Å². The molecule has 0 aliphatic carbocycles. The van der Waals surface area contributed by atoms with Gasteiger partial charge in [-0.25, -0.2) is 4.79 Å². The maximum atomic E-state index is 9.79. The Morgan fingerprint density at radius 2 is 1.32 bits per heavy atom. The second-order valence-corrected chi connectivity index (χ2v) is 6.93. The minimum atomic E-state index is -0.946. The molecule has 0 aromatic carbocycles. The topological polar surface area (TPSA) is 49.3 Å². The van der Waals surface area contributed by atoms with E-state index in [1.54, 1.807) is 0 Å². The second-order valence-electron chi connectivity index (χ2n) is 6.93. The third-order valence-corrected chi connectivity index (χ3v) is 3.82. The zero-order valence-corrected chi connectivity index (χ0v) is 16.0. The quantitative estimate of drug-likeness (QED) is 0.541. The number of nitrogens with zero attached hydrogens (tertiary/aromatic N) is 1. The average Bonchev–Trinajstić information content (AvgIpc) is 2.48. The Kier molecular flexibility index (Phi) is 16.2. The minimum absolute atomic E-state index is 0.395. The summed E-state index contributed by atoms with van der Waals surface area (Å²) in [7, 11) is 2.45. The predicted molar refractivity (Wildman–Crippen MR) is 96.4 cm³/mol. The monoisotopic (exact) mass is 317 g/mol. The number of quaternary nitrogens is 1. The van der Waals surface area contributed by atoms with Crippen LogP contribution in [0.4, 0.5) is 4.79 Å². The lowest BCUT2D eigenvalue weighted by Crippen LogP contribution is -2.46. The maximum absolute atomic E-state index is 9.79.